The van der Waals surface area contributed by atoms with Crippen LogP contribution in [0.15, 0.2) is 36.4 Å². The molecule has 8 heteroatoms. The third-order valence-corrected chi connectivity index (χ3v) is 4.61. The minimum Gasteiger partial charge on any atom is -0.507 e. The molecule has 0 spiro atoms. The standard InChI is InChI=1S/C19H17NO7/c1-2-25-17(22)9-20-13-6-4-3-5-11(13)19(24,18(20)23)12-7-15-16(8-14(12)21)27-10-26-15/h3-8,21,24H,2,9-10H2,1H3. The lowest BCUT2D eigenvalue weighted by Crippen LogP contribution is -2.43. The Kier molecular flexibility index (Phi) is 3.92. The molecule has 140 valence electrons. The fourth-order valence-corrected chi connectivity index (χ4v) is 3.41. The molecule has 8 nitrogen and oxygen atoms in total. The summed E-state index contributed by atoms with van der Waals surface area (Å²) in [6.45, 7) is 1.47. The van der Waals surface area contributed by atoms with Crippen LogP contribution in [0.25, 0.3) is 0 Å². The zero-order chi connectivity index (χ0) is 19.2. The van der Waals surface area contributed by atoms with Gasteiger partial charge in [0.15, 0.2) is 11.5 Å². The molecule has 0 radical (unpaired) electrons. The number of carbonyl (C=O) groups is 2. The first-order valence-corrected chi connectivity index (χ1v) is 8.39. The van der Waals surface area contributed by atoms with Crippen LogP contribution >= 0.6 is 0 Å². The van der Waals surface area contributed by atoms with Gasteiger partial charge in [-0.15, -0.1) is 0 Å². The summed E-state index contributed by atoms with van der Waals surface area (Å²) in [5.41, 5.74) is -1.59. The van der Waals surface area contributed by atoms with Crippen LogP contribution in [0.1, 0.15) is 18.1 Å². The molecule has 2 aliphatic heterocycles. The van der Waals surface area contributed by atoms with Crippen molar-refractivity contribution in [2.45, 2.75) is 12.5 Å². The lowest BCUT2D eigenvalue weighted by molar-refractivity contribution is -0.143. The van der Waals surface area contributed by atoms with Crippen molar-refractivity contribution < 1.29 is 34.0 Å². The molecule has 1 atom stereocenters. The van der Waals surface area contributed by atoms with E-state index in [1.54, 1.807) is 31.2 Å². The summed E-state index contributed by atoms with van der Waals surface area (Å²) >= 11 is 0. The van der Waals surface area contributed by atoms with Crippen molar-refractivity contribution in [3.63, 3.8) is 0 Å². The quantitative estimate of drug-likeness (QED) is 0.780. The van der Waals surface area contributed by atoms with Gasteiger partial charge >= 0.3 is 5.97 Å². The van der Waals surface area contributed by atoms with Crippen molar-refractivity contribution in [1.29, 1.82) is 0 Å². The van der Waals surface area contributed by atoms with Crippen molar-refractivity contribution in [3.8, 4) is 17.2 Å². The van der Waals surface area contributed by atoms with Gasteiger partial charge in [0, 0.05) is 17.2 Å². The van der Waals surface area contributed by atoms with Crippen LogP contribution in [-0.2, 0) is 19.9 Å². The van der Waals surface area contributed by atoms with E-state index >= 15 is 0 Å². The molecular formula is C19H17NO7. The van der Waals surface area contributed by atoms with Crippen LogP contribution in [0.4, 0.5) is 5.69 Å². The predicted octanol–water partition coefficient (Wildman–Crippen LogP) is 1.27. The molecule has 1 amide bonds. The Hall–Kier alpha value is -3.26. The minimum absolute atomic E-state index is 0.0177. The fraction of sp³-hybridized carbons (Fsp3) is 0.263. The summed E-state index contributed by atoms with van der Waals surface area (Å²) in [6, 6.07) is 9.21. The number of hydrogen-bond acceptors (Lipinski definition) is 7. The number of esters is 1. The van der Waals surface area contributed by atoms with E-state index in [9.17, 15) is 19.8 Å². The topological polar surface area (TPSA) is 106 Å². The molecule has 2 aromatic rings. The van der Waals surface area contributed by atoms with E-state index in [0.29, 0.717) is 17.2 Å². The largest absolute Gasteiger partial charge is 0.507 e. The van der Waals surface area contributed by atoms with E-state index in [1.807, 2.05) is 0 Å². The maximum atomic E-state index is 13.2. The number of para-hydroxylation sites is 1. The summed E-state index contributed by atoms with van der Waals surface area (Å²) in [7, 11) is 0. The molecular weight excluding hydrogens is 354 g/mol. The van der Waals surface area contributed by atoms with E-state index in [0.717, 1.165) is 4.90 Å². The Bertz CT molecular complexity index is 942. The number of phenolic OH excluding ortho intramolecular Hbond substituents is 1. The van der Waals surface area contributed by atoms with Crippen LogP contribution in [-0.4, -0.2) is 42.0 Å². The second-order valence-corrected chi connectivity index (χ2v) is 6.15. The summed E-state index contributed by atoms with van der Waals surface area (Å²) in [5.74, 6) is -1.04. The highest BCUT2D eigenvalue weighted by Gasteiger charge is 2.53. The van der Waals surface area contributed by atoms with Gasteiger partial charge in [-0.25, -0.2) is 0 Å². The lowest BCUT2D eigenvalue weighted by atomic mass is 9.86. The average Bonchev–Trinajstić information content (AvgIpc) is 3.19. The highest BCUT2D eigenvalue weighted by Crippen LogP contribution is 2.49. The number of hydrogen-bond donors (Lipinski definition) is 2. The van der Waals surface area contributed by atoms with Crippen LogP contribution < -0.4 is 14.4 Å². The van der Waals surface area contributed by atoms with Gasteiger partial charge in [0.05, 0.1) is 12.3 Å². The fourth-order valence-electron chi connectivity index (χ4n) is 3.41. The van der Waals surface area contributed by atoms with Gasteiger partial charge in [0.2, 0.25) is 12.4 Å². The molecule has 27 heavy (non-hydrogen) atoms. The SMILES string of the molecule is CCOC(=O)CN1C(=O)C(O)(c2cc3c(cc2O)OCO3)c2ccccc21. The van der Waals surface area contributed by atoms with Crippen LogP contribution in [0, 0.1) is 0 Å². The first-order chi connectivity index (χ1) is 13.0. The third kappa shape index (κ3) is 2.48. The second-order valence-electron chi connectivity index (χ2n) is 6.15. The minimum atomic E-state index is -2.17. The number of nitrogens with zero attached hydrogens (tertiary/aromatic N) is 1. The summed E-state index contributed by atoms with van der Waals surface area (Å²) in [4.78, 5) is 26.3. The van der Waals surface area contributed by atoms with E-state index in [2.05, 4.69) is 0 Å². The van der Waals surface area contributed by atoms with E-state index < -0.39 is 17.5 Å². The van der Waals surface area contributed by atoms with Gasteiger partial charge in [-0.3, -0.25) is 14.5 Å². The Morgan fingerprint density at radius 1 is 1.22 bits per heavy atom. The molecule has 0 saturated heterocycles. The maximum Gasteiger partial charge on any atom is 0.326 e. The molecule has 0 saturated carbocycles. The average molecular weight is 371 g/mol. The highest BCUT2D eigenvalue weighted by molar-refractivity contribution is 6.11. The number of phenols is 1. The van der Waals surface area contributed by atoms with E-state index in [-0.39, 0.29) is 36.8 Å². The summed E-state index contributed by atoms with van der Waals surface area (Å²) in [6.07, 6.45) is 0. The molecule has 0 fully saturated rings. The number of rotatable bonds is 4. The molecule has 2 heterocycles. The van der Waals surface area contributed by atoms with Crippen molar-refractivity contribution in [1.82, 2.24) is 0 Å². The molecule has 2 N–H and O–H groups in total. The smallest absolute Gasteiger partial charge is 0.326 e. The molecule has 0 aromatic heterocycles. The maximum absolute atomic E-state index is 13.2. The van der Waals surface area contributed by atoms with Gasteiger partial charge < -0.3 is 24.4 Å². The van der Waals surface area contributed by atoms with Gasteiger partial charge in [0.1, 0.15) is 12.3 Å². The number of benzene rings is 2. The Morgan fingerprint density at radius 3 is 2.67 bits per heavy atom. The first-order valence-electron chi connectivity index (χ1n) is 8.39. The monoisotopic (exact) mass is 371 g/mol. The number of carbonyl (C=O) groups excluding carboxylic acids is 2. The van der Waals surface area contributed by atoms with Crippen molar-refractivity contribution in [3.05, 3.63) is 47.5 Å². The van der Waals surface area contributed by atoms with Crippen LogP contribution in [0.5, 0.6) is 17.2 Å². The van der Waals surface area contributed by atoms with Crippen molar-refractivity contribution in [2.24, 2.45) is 0 Å². The Morgan fingerprint density at radius 2 is 1.93 bits per heavy atom. The van der Waals surface area contributed by atoms with Gasteiger partial charge in [-0.2, -0.15) is 0 Å². The van der Waals surface area contributed by atoms with E-state index in [1.165, 1.54) is 12.1 Å². The van der Waals surface area contributed by atoms with Crippen LogP contribution in [0.3, 0.4) is 0 Å². The molecule has 4 rings (SSSR count). The molecule has 0 bridgehead atoms. The molecule has 2 aromatic carbocycles. The highest BCUT2D eigenvalue weighted by atomic mass is 16.7. The molecule has 1 unspecified atom stereocenters. The number of amides is 1. The summed E-state index contributed by atoms with van der Waals surface area (Å²) < 4.78 is 15.4. The van der Waals surface area contributed by atoms with Crippen molar-refractivity contribution in [2.75, 3.05) is 24.8 Å². The lowest BCUT2D eigenvalue weighted by Gasteiger charge is -2.24. The predicted molar refractivity (Wildman–Crippen MR) is 92.7 cm³/mol. The summed E-state index contributed by atoms with van der Waals surface area (Å²) in [5, 5.41) is 21.8. The number of aromatic hydroxyl groups is 1. The third-order valence-electron chi connectivity index (χ3n) is 4.61. The van der Waals surface area contributed by atoms with Gasteiger partial charge in [0.25, 0.3) is 5.91 Å². The second kappa shape index (κ2) is 6.17. The number of ether oxygens (including phenoxy) is 3. The van der Waals surface area contributed by atoms with Gasteiger partial charge in [-0.1, -0.05) is 18.2 Å². The van der Waals surface area contributed by atoms with Crippen LogP contribution in [0.2, 0.25) is 0 Å². The number of aliphatic hydroxyl groups is 1. The number of anilines is 1. The van der Waals surface area contributed by atoms with Gasteiger partial charge in [-0.05, 0) is 19.1 Å². The zero-order valence-corrected chi connectivity index (χ0v) is 14.5. The molecule has 0 aliphatic carbocycles. The zero-order valence-electron chi connectivity index (χ0n) is 14.5. The Labute approximate surface area is 154 Å². The van der Waals surface area contributed by atoms with Crippen molar-refractivity contribution >= 4 is 17.6 Å². The van der Waals surface area contributed by atoms with E-state index in [4.69, 9.17) is 14.2 Å². The normalized spacial score (nSPS) is 19.9. The Balaban J connectivity index is 1.83. The first kappa shape index (κ1) is 17.2. The number of fused-ring (bicyclic) bond motifs is 2. The molecule has 2 aliphatic rings.